The van der Waals surface area contributed by atoms with Crippen molar-refractivity contribution in [1.29, 1.82) is 0 Å². The minimum absolute atomic E-state index is 0.669. The van der Waals surface area contributed by atoms with E-state index >= 15 is 0 Å². The fraction of sp³-hybridized carbons (Fsp3) is 0.556. The first kappa shape index (κ1) is 9.41. The molecule has 0 fully saturated rings. The number of halogens is 1. The maximum Gasteiger partial charge on any atom is 0.118 e. The fourth-order valence-electron chi connectivity index (χ4n) is 0.573. The van der Waals surface area contributed by atoms with Gasteiger partial charge in [-0.2, -0.15) is 0 Å². The molecule has 0 aliphatic carbocycles. The SMILES string of the molecule is C=C(C)CCC(=C)C(C)F. The zero-order chi connectivity index (χ0) is 8.15. The summed E-state index contributed by atoms with van der Waals surface area (Å²) in [6, 6.07) is 0. The molecule has 0 aromatic carbocycles. The van der Waals surface area contributed by atoms with E-state index in [4.69, 9.17) is 0 Å². The highest BCUT2D eigenvalue weighted by Gasteiger charge is 2.02. The Morgan fingerprint density at radius 2 is 1.90 bits per heavy atom. The van der Waals surface area contributed by atoms with Gasteiger partial charge in [0.05, 0.1) is 0 Å². The summed E-state index contributed by atoms with van der Waals surface area (Å²) in [6.45, 7) is 10.8. The lowest BCUT2D eigenvalue weighted by molar-refractivity contribution is 0.403. The van der Waals surface area contributed by atoms with Gasteiger partial charge in [-0.25, -0.2) is 4.39 Å². The van der Waals surface area contributed by atoms with Gasteiger partial charge >= 0.3 is 0 Å². The van der Waals surface area contributed by atoms with Gasteiger partial charge in [-0.1, -0.05) is 12.2 Å². The van der Waals surface area contributed by atoms with Crippen LogP contribution in [0, 0.1) is 0 Å². The average Bonchev–Trinajstić information content (AvgIpc) is 1.82. The summed E-state index contributed by atoms with van der Waals surface area (Å²) in [6.07, 6.45) is 0.708. The molecule has 0 aliphatic heterocycles. The van der Waals surface area contributed by atoms with Gasteiger partial charge in [0, 0.05) is 0 Å². The molecule has 0 aromatic rings. The van der Waals surface area contributed by atoms with Crippen LogP contribution < -0.4 is 0 Å². The molecule has 1 unspecified atom stereocenters. The van der Waals surface area contributed by atoms with Gasteiger partial charge in [0.1, 0.15) is 6.17 Å². The van der Waals surface area contributed by atoms with Crippen molar-refractivity contribution in [3.63, 3.8) is 0 Å². The van der Waals surface area contributed by atoms with E-state index in [0.717, 1.165) is 18.4 Å². The molecule has 1 heteroatoms. The van der Waals surface area contributed by atoms with E-state index in [1.54, 1.807) is 0 Å². The standard InChI is InChI=1S/C9H15F/c1-7(2)5-6-8(3)9(4)10/h9H,1,3,5-6H2,2,4H3. The minimum Gasteiger partial charge on any atom is -0.243 e. The topological polar surface area (TPSA) is 0 Å². The predicted molar refractivity (Wildman–Crippen MR) is 43.8 cm³/mol. The lowest BCUT2D eigenvalue weighted by Gasteiger charge is -2.04. The van der Waals surface area contributed by atoms with E-state index in [2.05, 4.69) is 13.2 Å². The molecule has 0 aromatic heterocycles. The first-order chi connectivity index (χ1) is 4.54. The number of allylic oxidation sites excluding steroid dienone is 2. The van der Waals surface area contributed by atoms with Crippen LogP contribution in [0.5, 0.6) is 0 Å². The number of rotatable bonds is 4. The zero-order valence-corrected chi connectivity index (χ0v) is 6.78. The number of hydrogen-bond donors (Lipinski definition) is 0. The van der Waals surface area contributed by atoms with Crippen molar-refractivity contribution in [1.82, 2.24) is 0 Å². The Morgan fingerprint density at radius 1 is 1.40 bits per heavy atom. The van der Waals surface area contributed by atoms with Crippen LogP contribution in [-0.4, -0.2) is 6.17 Å². The van der Waals surface area contributed by atoms with Crippen LogP contribution in [0.25, 0.3) is 0 Å². The maximum atomic E-state index is 12.4. The molecule has 0 nitrogen and oxygen atoms in total. The largest absolute Gasteiger partial charge is 0.243 e. The van der Waals surface area contributed by atoms with Crippen LogP contribution in [0.3, 0.4) is 0 Å². The Morgan fingerprint density at radius 3 is 2.20 bits per heavy atom. The second-order valence-corrected chi connectivity index (χ2v) is 2.73. The molecule has 0 bridgehead atoms. The van der Waals surface area contributed by atoms with E-state index in [0.29, 0.717) is 5.57 Å². The van der Waals surface area contributed by atoms with Crippen LogP contribution in [0.1, 0.15) is 26.7 Å². The van der Waals surface area contributed by atoms with Crippen molar-refractivity contribution in [2.75, 3.05) is 0 Å². The molecule has 1 atom stereocenters. The lowest BCUT2D eigenvalue weighted by atomic mass is 10.1. The quantitative estimate of drug-likeness (QED) is 0.528. The highest BCUT2D eigenvalue weighted by molar-refractivity contribution is 5.03. The van der Waals surface area contributed by atoms with Crippen molar-refractivity contribution in [2.45, 2.75) is 32.9 Å². The van der Waals surface area contributed by atoms with E-state index in [9.17, 15) is 4.39 Å². The summed E-state index contributed by atoms with van der Waals surface area (Å²) in [4.78, 5) is 0. The molecule has 0 rings (SSSR count). The van der Waals surface area contributed by atoms with Crippen molar-refractivity contribution in [2.24, 2.45) is 0 Å². The van der Waals surface area contributed by atoms with Crippen LogP contribution in [0.15, 0.2) is 24.3 Å². The zero-order valence-electron chi connectivity index (χ0n) is 6.78. The molecule has 0 amide bonds. The maximum absolute atomic E-state index is 12.4. The molecule has 0 saturated carbocycles. The Kier molecular flexibility index (Phi) is 4.01. The lowest BCUT2D eigenvalue weighted by Crippen LogP contribution is -1.96. The Balaban J connectivity index is 3.50. The molecule has 0 N–H and O–H groups in total. The van der Waals surface area contributed by atoms with E-state index in [1.165, 1.54) is 6.92 Å². The van der Waals surface area contributed by atoms with Gasteiger partial charge < -0.3 is 0 Å². The van der Waals surface area contributed by atoms with Gasteiger partial charge in [0.2, 0.25) is 0 Å². The first-order valence-corrected chi connectivity index (χ1v) is 3.50. The highest BCUT2D eigenvalue weighted by atomic mass is 19.1. The molecule has 58 valence electrons. The van der Waals surface area contributed by atoms with Gasteiger partial charge in [-0.05, 0) is 32.3 Å². The predicted octanol–water partition coefficient (Wildman–Crippen LogP) is 3.26. The van der Waals surface area contributed by atoms with Crippen molar-refractivity contribution < 1.29 is 4.39 Å². The monoisotopic (exact) mass is 142 g/mol. The van der Waals surface area contributed by atoms with Gasteiger partial charge in [-0.15, -0.1) is 6.58 Å². The van der Waals surface area contributed by atoms with E-state index in [1.807, 2.05) is 6.92 Å². The molecule has 10 heavy (non-hydrogen) atoms. The molecule has 0 heterocycles. The molecule has 0 spiro atoms. The van der Waals surface area contributed by atoms with E-state index in [-0.39, 0.29) is 0 Å². The second kappa shape index (κ2) is 4.26. The second-order valence-electron chi connectivity index (χ2n) is 2.73. The number of hydrogen-bond acceptors (Lipinski definition) is 0. The summed E-state index contributed by atoms with van der Waals surface area (Å²) in [5.74, 6) is 0. The minimum atomic E-state index is -0.876. The van der Waals surface area contributed by atoms with Crippen molar-refractivity contribution in [3.05, 3.63) is 24.3 Å². The van der Waals surface area contributed by atoms with Crippen LogP contribution in [-0.2, 0) is 0 Å². The molecule has 0 saturated heterocycles. The van der Waals surface area contributed by atoms with Crippen molar-refractivity contribution in [3.8, 4) is 0 Å². The Bertz CT molecular complexity index is 134. The molecule has 0 aliphatic rings. The summed E-state index contributed by atoms with van der Waals surface area (Å²) in [5, 5.41) is 0. The van der Waals surface area contributed by atoms with Crippen LogP contribution in [0.2, 0.25) is 0 Å². The normalized spacial score (nSPS) is 12.7. The smallest absolute Gasteiger partial charge is 0.118 e. The fourth-order valence-corrected chi connectivity index (χ4v) is 0.573. The Labute approximate surface area is 62.4 Å². The van der Waals surface area contributed by atoms with Gasteiger partial charge in [0.15, 0.2) is 0 Å². The highest BCUT2D eigenvalue weighted by Crippen LogP contribution is 2.13. The molecular weight excluding hydrogens is 127 g/mol. The average molecular weight is 142 g/mol. The van der Waals surface area contributed by atoms with Gasteiger partial charge in [-0.3, -0.25) is 0 Å². The summed E-state index contributed by atoms with van der Waals surface area (Å²) < 4.78 is 12.4. The third kappa shape index (κ3) is 4.30. The third-order valence-corrected chi connectivity index (χ3v) is 1.44. The van der Waals surface area contributed by atoms with E-state index < -0.39 is 6.17 Å². The molecule has 0 radical (unpaired) electrons. The van der Waals surface area contributed by atoms with Gasteiger partial charge in [0.25, 0.3) is 0 Å². The Hall–Kier alpha value is -0.590. The van der Waals surface area contributed by atoms with Crippen LogP contribution in [0.4, 0.5) is 4.39 Å². The number of alkyl halides is 1. The molecular formula is C9H15F. The summed E-state index contributed by atoms with van der Waals surface area (Å²) in [7, 11) is 0. The summed E-state index contributed by atoms with van der Waals surface area (Å²) in [5.41, 5.74) is 1.75. The first-order valence-electron chi connectivity index (χ1n) is 3.50. The third-order valence-electron chi connectivity index (χ3n) is 1.44. The van der Waals surface area contributed by atoms with Crippen molar-refractivity contribution >= 4 is 0 Å². The summed E-state index contributed by atoms with van der Waals surface area (Å²) >= 11 is 0. The van der Waals surface area contributed by atoms with Crippen LogP contribution >= 0.6 is 0 Å².